The van der Waals surface area contributed by atoms with Gasteiger partial charge >= 0.3 is 0 Å². The van der Waals surface area contributed by atoms with Crippen molar-refractivity contribution in [2.24, 2.45) is 4.99 Å². The van der Waals surface area contributed by atoms with E-state index < -0.39 is 17.6 Å². The Morgan fingerprint density at radius 2 is 2.36 bits per heavy atom. The smallest absolute Gasteiger partial charge is 0.253 e. The van der Waals surface area contributed by atoms with Crippen LogP contribution in [-0.4, -0.2) is 49.5 Å². The first kappa shape index (κ1) is 18.3. The number of aliphatic imine (C=N–C) groups is 1. The molecule has 130 valence electrons. The molecule has 0 atom stereocenters. The molecule has 0 aromatic carbocycles. The van der Waals surface area contributed by atoms with Crippen molar-refractivity contribution in [1.29, 1.82) is 0 Å². The Hall–Kier alpha value is -3.02. The third-order valence-corrected chi connectivity index (χ3v) is 3.42. The van der Waals surface area contributed by atoms with Crippen molar-refractivity contribution in [3.8, 4) is 5.88 Å². The van der Waals surface area contributed by atoms with E-state index in [1.807, 2.05) is 6.08 Å². The molecule has 6 nitrogen and oxygen atoms in total. The Morgan fingerprint density at radius 3 is 3.04 bits per heavy atom. The number of rotatable bonds is 7. The highest BCUT2D eigenvalue weighted by Gasteiger charge is 2.16. The summed E-state index contributed by atoms with van der Waals surface area (Å²) < 4.78 is 18.5. The van der Waals surface area contributed by atoms with Crippen molar-refractivity contribution < 1.29 is 19.0 Å². The quantitative estimate of drug-likeness (QED) is 0.585. The lowest BCUT2D eigenvalue weighted by atomic mass is 10.0. The number of halogens is 1. The van der Waals surface area contributed by atoms with E-state index in [9.17, 15) is 9.18 Å². The summed E-state index contributed by atoms with van der Waals surface area (Å²) in [5.41, 5.74) is 5.68. The SMILES string of the molecule is C/N=C\C=C/C1=C(CNC(=O)c2cnc(O)c(F)c2)C(COC)=C=C1. The fourth-order valence-electron chi connectivity index (χ4n) is 2.20. The highest BCUT2D eigenvalue weighted by molar-refractivity contribution is 5.94. The first-order chi connectivity index (χ1) is 12.1. The van der Waals surface area contributed by atoms with Crippen molar-refractivity contribution in [3.05, 3.63) is 64.3 Å². The van der Waals surface area contributed by atoms with Gasteiger partial charge in [0.2, 0.25) is 5.88 Å². The van der Waals surface area contributed by atoms with Crippen LogP contribution in [0.5, 0.6) is 5.88 Å². The molecule has 0 spiro atoms. The number of allylic oxidation sites excluding steroid dienone is 3. The van der Waals surface area contributed by atoms with Gasteiger partial charge in [-0.05, 0) is 29.4 Å². The minimum Gasteiger partial charge on any atom is -0.491 e. The molecule has 1 heterocycles. The third kappa shape index (κ3) is 4.73. The minimum absolute atomic E-state index is 0.0225. The van der Waals surface area contributed by atoms with Crippen molar-refractivity contribution in [2.45, 2.75) is 0 Å². The van der Waals surface area contributed by atoms with Gasteiger partial charge in [0.05, 0.1) is 12.2 Å². The van der Waals surface area contributed by atoms with Crippen molar-refractivity contribution in [3.63, 3.8) is 0 Å². The van der Waals surface area contributed by atoms with E-state index in [1.165, 1.54) is 0 Å². The van der Waals surface area contributed by atoms with Crippen molar-refractivity contribution in [2.75, 3.05) is 27.3 Å². The second-order valence-electron chi connectivity index (χ2n) is 5.11. The summed E-state index contributed by atoms with van der Waals surface area (Å²) in [4.78, 5) is 19.5. The van der Waals surface area contributed by atoms with E-state index in [0.717, 1.165) is 29.0 Å². The fourth-order valence-corrected chi connectivity index (χ4v) is 2.20. The molecule has 1 aliphatic rings. The molecule has 1 aliphatic carbocycles. The van der Waals surface area contributed by atoms with Crippen molar-refractivity contribution in [1.82, 2.24) is 10.3 Å². The van der Waals surface area contributed by atoms with E-state index in [0.29, 0.717) is 6.61 Å². The number of methoxy groups -OCH3 is 1. The number of amides is 1. The van der Waals surface area contributed by atoms with Crippen LogP contribution in [0, 0.1) is 5.82 Å². The largest absolute Gasteiger partial charge is 0.491 e. The zero-order chi connectivity index (χ0) is 18.2. The van der Waals surface area contributed by atoms with E-state index in [4.69, 9.17) is 9.84 Å². The van der Waals surface area contributed by atoms with Crippen molar-refractivity contribution >= 4 is 12.1 Å². The lowest BCUT2D eigenvalue weighted by Crippen LogP contribution is -2.27. The Morgan fingerprint density at radius 1 is 1.56 bits per heavy atom. The number of aromatic nitrogens is 1. The molecule has 1 amide bonds. The molecule has 0 saturated heterocycles. The molecule has 0 aliphatic heterocycles. The van der Waals surface area contributed by atoms with Gasteiger partial charge in [-0.15, -0.1) is 5.73 Å². The van der Waals surface area contributed by atoms with Gasteiger partial charge in [-0.3, -0.25) is 9.79 Å². The predicted octanol–water partition coefficient (Wildman–Crippen LogP) is 1.95. The van der Waals surface area contributed by atoms with Gasteiger partial charge in [0, 0.05) is 38.7 Å². The van der Waals surface area contributed by atoms with Crippen LogP contribution in [0.4, 0.5) is 4.39 Å². The minimum atomic E-state index is -0.947. The molecule has 2 N–H and O–H groups in total. The molecule has 0 saturated carbocycles. The number of aromatic hydroxyl groups is 1. The van der Waals surface area contributed by atoms with Crippen LogP contribution in [0.3, 0.4) is 0 Å². The summed E-state index contributed by atoms with van der Waals surface area (Å²) in [5.74, 6) is -2.19. The topological polar surface area (TPSA) is 83.8 Å². The van der Waals surface area contributed by atoms with Crippen LogP contribution in [0.2, 0.25) is 0 Å². The average Bonchev–Trinajstić information content (AvgIpc) is 2.97. The van der Waals surface area contributed by atoms with E-state index in [-0.39, 0.29) is 12.1 Å². The lowest BCUT2D eigenvalue weighted by molar-refractivity contribution is 0.0956. The van der Waals surface area contributed by atoms with E-state index in [1.54, 1.807) is 32.5 Å². The average molecular weight is 343 g/mol. The van der Waals surface area contributed by atoms with Gasteiger partial charge in [-0.1, -0.05) is 6.08 Å². The summed E-state index contributed by atoms with van der Waals surface area (Å²) in [6, 6.07) is 0.934. The Labute approximate surface area is 144 Å². The zero-order valence-corrected chi connectivity index (χ0v) is 13.9. The van der Waals surface area contributed by atoms with Gasteiger partial charge in [0.25, 0.3) is 5.91 Å². The number of nitrogens with one attached hydrogen (secondary N) is 1. The third-order valence-electron chi connectivity index (χ3n) is 3.42. The Bertz CT molecular complexity index is 819. The molecular formula is C18H18FN3O3. The van der Waals surface area contributed by atoms with E-state index >= 15 is 0 Å². The van der Waals surface area contributed by atoms with Crippen LogP contribution < -0.4 is 5.32 Å². The Balaban J connectivity index is 2.13. The molecule has 0 radical (unpaired) electrons. The van der Waals surface area contributed by atoms with Crippen LogP contribution in [0.1, 0.15) is 10.4 Å². The first-order valence-electron chi connectivity index (χ1n) is 7.46. The lowest BCUT2D eigenvalue weighted by Gasteiger charge is -2.11. The number of hydrogen-bond donors (Lipinski definition) is 2. The number of carbonyl (C=O) groups is 1. The van der Waals surface area contributed by atoms with Gasteiger partial charge in [0.1, 0.15) is 0 Å². The number of ether oxygens (including phenoxy) is 1. The summed E-state index contributed by atoms with van der Waals surface area (Å²) in [6.45, 7) is 0.572. The number of nitrogens with zero attached hydrogens (tertiary/aromatic N) is 2. The highest BCUT2D eigenvalue weighted by atomic mass is 19.1. The molecule has 1 aromatic rings. The number of hydrogen-bond acceptors (Lipinski definition) is 5. The van der Waals surface area contributed by atoms with Gasteiger partial charge < -0.3 is 15.2 Å². The first-order valence-corrected chi connectivity index (χ1v) is 7.46. The monoisotopic (exact) mass is 343 g/mol. The fraction of sp³-hybridized carbons (Fsp3) is 0.222. The summed E-state index contributed by atoms with van der Waals surface area (Å²) in [6.07, 6.45) is 8.20. The van der Waals surface area contributed by atoms with Gasteiger partial charge in [-0.2, -0.15) is 0 Å². The van der Waals surface area contributed by atoms with Crippen LogP contribution >= 0.6 is 0 Å². The van der Waals surface area contributed by atoms with E-state index in [2.05, 4.69) is 21.0 Å². The van der Waals surface area contributed by atoms with Gasteiger partial charge in [0.15, 0.2) is 5.82 Å². The maximum absolute atomic E-state index is 13.3. The standard InChI is InChI=1S/C18H18FN3O3/c1-20-7-3-4-12-5-6-13(11-25-2)15(12)10-22-17(23)14-8-16(19)18(24)21-9-14/h3-5,7-9H,10-11H2,1-2H3,(H,21,24)(H,22,23)/b4-3-,20-7-. The van der Waals surface area contributed by atoms with Crippen LogP contribution in [0.15, 0.2) is 57.9 Å². The molecule has 7 heteroatoms. The molecule has 25 heavy (non-hydrogen) atoms. The molecule has 2 rings (SSSR count). The maximum atomic E-state index is 13.3. The molecule has 0 fully saturated rings. The number of carbonyl (C=O) groups excluding carboxylic acids is 1. The predicted molar refractivity (Wildman–Crippen MR) is 92.2 cm³/mol. The normalized spacial score (nSPS) is 14.0. The molecule has 0 bridgehead atoms. The van der Waals surface area contributed by atoms with Crippen LogP contribution in [0.25, 0.3) is 0 Å². The zero-order valence-electron chi connectivity index (χ0n) is 13.9. The molecular weight excluding hydrogens is 325 g/mol. The molecule has 0 unspecified atom stereocenters. The highest BCUT2D eigenvalue weighted by Crippen LogP contribution is 2.22. The maximum Gasteiger partial charge on any atom is 0.253 e. The number of pyridine rings is 1. The summed E-state index contributed by atoms with van der Waals surface area (Å²) in [7, 11) is 3.25. The van der Waals surface area contributed by atoms with Crippen LogP contribution in [-0.2, 0) is 4.74 Å². The second-order valence-corrected chi connectivity index (χ2v) is 5.11. The summed E-state index contributed by atoms with van der Waals surface area (Å²) >= 11 is 0. The molecule has 1 aromatic heterocycles. The second kappa shape index (κ2) is 8.73. The van der Waals surface area contributed by atoms with Gasteiger partial charge in [-0.25, -0.2) is 9.37 Å². The summed E-state index contributed by atoms with van der Waals surface area (Å²) in [5, 5.41) is 11.8. The Kier molecular flexibility index (Phi) is 6.39.